The van der Waals surface area contributed by atoms with E-state index in [9.17, 15) is 4.79 Å². The van der Waals surface area contributed by atoms with Gasteiger partial charge in [-0.05, 0) is 42.3 Å². The average molecular weight is 385 g/mol. The van der Waals surface area contributed by atoms with E-state index in [4.69, 9.17) is 27.6 Å². The Morgan fingerprint density at radius 3 is 2.73 bits per heavy atom. The third-order valence-corrected chi connectivity index (χ3v) is 4.73. The summed E-state index contributed by atoms with van der Waals surface area (Å²) in [6.07, 6.45) is 0.645. The van der Waals surface area contributed by atoms with E-state index in [0.29, 0.717) is 28.7 Å². The van der Waals surface area contributed by atoms with Crippen LogP contribution in [0.5, 0.6) is 0 Å². The van der Waals surface area contributed by atoms with Crippen molar-refractivity contribution >= 4 is 51.1 Å². The number of hydrogen-bond acceptors (Lipinski definition) is 3. The summed E-state index contributed by atoms with van der Waals surface area (Å²) in [6.45, 7) is 0.463. The molecule has 0 radical (unpaired) electrons. The SMILES string of the molecule is O=C(NCCc1ccccc1Cl)c1cc2cc3ccc(Cl)cc3nc2o1. The monoisotopic (exact) mass is 384 g/mol. The molecule has 0 saturated heterocycles. The Morgan fingerprint density at radius 2 is 1.88 bits per heavy atom. The quantitative estimate of drug-likeness (QED) is 0.521. The highest BCUT2D eigenvalue weighted by molar-refractivity contribution is 6.31. The first-order valence-electron chi connectivity index (χ1n) is 8.11. The Labute approximate surface area is 159 Å². The Morgan fingerprint density at radius 1 is 1.04 bits per heavy atom. The molecule has 0 aliphatic carbocycles. The van der Waals surface area contributed by atoms with Crippen LogP contribution in [-0.2, 0) is 6.42 Å². The summed E-state index contributed by atoms with van der Waals surface area (Å²) < 4.78 is 5.61. The predicted octanol–water partition coefficient (Wildman–Crippen LogP) is 5.26. The van der Waals surface area contributed by atoms with Crippen LogP contribution in [0.4, 0.5) is 0 Å². The lowest BCUT2D eigenvalue weighted by atomic mass is 10.1. The zero-order valence-corrected chi connectivity index (χ0v) is 15.1. The van der Waals surface area contributed by atoms with Gasteiger partial charge in [-0.25, -0.2) is 4.98 Å². The second kappa shape index (κ2) is 6.98. The summed E-state index contributed by atoms with van der Waals surface area (Å²) in [7, 11) is 0. The molecule has 4 rings (SSSR count). The number of benzene rings is 2. The first kappa shape index (κ1) is 16.9. The smallest absolute Gasteiger partial charge is 0.287 e. The molecule has 0 unspecified atom stereocenters. The number of rotatable bonds is 4. The Bertz CT molecular complexity index is 1120. The van der Waals surface area contributed by atoms with Gasteiger partial charge in [0.15, 0.2) is 5.76 Å². The fourth-order valence-electron chi connectivity index (χ4n) is 2.81. The molecular formula is C20H14Cl2N2O2. The molecule has 0 saturated carbocycles. The number of amides is 1. The Hall–Kier alpha value is -2.56. The van der Waals surface area contributed by atoms with E-state index in [2.05, 4.69) is 10.3 Å². The van der Waals surface area contributed by atoms with Crippen molar-refractivity contribution < 1.29 is 9.21 Å². The van der Waals surface area contributed by atoms with Gasteiger partial charge in [-0.15, -0.1) is 0 Å². The van der Waals surface area contributed by atoms with E-state index in [-0.39, 0.29) is 11.7 Å². The molecule has 2 aromatic carbocycles. The number of carbonyl (C=O) groups excluding carboxylic acids is 1. The van der Waals surface area contributed by atoms with Crippen LogP contribution in [-0.4, -0.2) is 17.4 Å². The molecule has 0 aliphatic rings. The van der Waals surface area contributed by atoms with Gasteiger partial charge < -0.3 is 9.73 Å². The van der Waals surface area contributed by atoms with Crippen molar-refractivity contribution in [1.82, 2.24) is 10.3 Å². The number of aromatic nitrogens is 1. The van der Waals surface area contributed by atoms with Crippen LogP contribution in [0, 0.1) is 0 Å². The number of furan rings is 1. The van der Waals surface area contributed by atoms with E-state index < -0.39 is 0 Å². The number of nitrogens with one attached hydrogen (secondary N) is 1. The maximum atomic E-state index is 12.4. The van der Waals surface area contributed by atoms with Gasteiger partial charge in [0.1, 0.15) is 0 Å². The summed E-state index contributed by atoms with van der Waals surface area (Å²) in [5.41, 5.74) is 2.13. The molecule has 4 nitrogen and oxygen atoms in total. The largest absolute Gasteiger partial charge is 0.433 e. The van der Waals surface area contributed by atoms with E-state index in [1.54, 1.807) is 18.2 Å². The Kier molecular flexibility index (Phi) is 4.53. The van der Waals surface area contributed by atoms with Crippen molar-refractivity contribution in [1.29, 1.82) is 0 Å². The van der Waals surface area contributed by atoms with E-state index in [1.165, 1.54) is 0 Å². The van der Waals surface area contributed by atoms with E-state index in [0.717, 1.165) is 21.9 Å². The standard InChI is InChI=1S/C20H14Cl2N2O2/c21-15-6-5-13-9-14-10-18(26-20(14)24-17(13)11-15)19(25)23-8-7-12-3-1-2-4-16(12)22/h1-6,9-11H,7-8H2,(H,23,25). The van der Waals surface area contributed by atoms with Gasteiger partial charge >= 0.3 is 0 Å². The van der Waals surface area contributed by atoms with Crippen molar-refractivity contribution in [3.8, 4) is 0 Å². The van der Waals surface area contributed by atoms with Crippen molar-refractivity contribution in [2.75, 3.05) is 6.54 Å². The third-order valence-electron chi connectivity index (χ3n) is 4.13. The van der Waals surface area contributed by atoms with Gasteiger partial charge in [0.25, 0.3) is 5.91 Å². The molecule has 6 heteroatoms. The highest BCUT2D eigenvalue weighted by Gasteiger charge is 2.14. The lowest BCUT2D eigenvalue weighted by Gasteiger charge is -2.05. The second-order valence-corrected chi connectivity index (χ2v) is 6.77. The molecule has 26 heavy (non-hydrogen) atoms. The predicted molar refractivity (Wildman–Crippen MR) is 104 cm³/mol. The number of carbonyl (C=O) groups is 1. The van der Waals surface area contributed by atoms with Gasteiger partial charge in [0.05, 0.1) is 5.52 Å². The van der Waals surface area contributed by atoms with E-state index in [1.807, 2.05) is 36.4 Å². The van der Waals surface area contributed by atoms with Crippen LogP contribution in [0.1, 0.15) is 16.1 Å². The number of fused-ring (bicyclic) bond motifs is 2. The number of hydrogen-bond donors (Lipinski definition) is 1. The van der Waals surface area contributed by atoms with Gasteiger partial charge in [0.2, 0.25) is 5.71 Å². The highest BCUT2D eigenvalue weighted by atomic mass is 35.5. The summed E-state index contributed by atoms with van der Waals surface area (Å²) in [5.74, 6) is -0.0507. The molecule has 2 heterocycles. The zero-order chi connectivity index (χ0) is 18.1. The minimum Gasteiger partial charge on any atom is -0.433 e. The van der Waals surface area contributed by atoms with Crippen LogP contribution < -0.4 is 5.32 Å². The summed E-state index contributed by atoms with van der Waals surface area (Å²) in [4.78, 5) is 16.8. The lowest BCUT2D eigenvalue weighted by molar-refractivity contribution is 0.0928. The normalized spacial score (nSPS) is 11.2. The minimum absolute atomic E-state index is 0.230. The van der Waals surface area contributed by atoms with Crippen molar-refractivity contribution in [2.24, 2.45) is 0 Å². The van der Waals surface area contributed by atoms with Crippen LogP contribution in [0.3, 0.4) is 0 Å². The van der Waals surface area contributed by atoms with Gasteiger partial charge in [0, 0.05) is 27.4 Å². The molecule has 0 bridgehead atoms. The number of nitrogens with zero attached hydrogens (tertiary/aromatic N) is 1. The molecule has 130 valence electrons. The number of halogens is 2. The second-order valence-electron chi connectivity index (χ2n) is 5.93. The lowest BCUT2D eigenvalue weighted by Crippen LogP contribution is -2.25. The van der Waals surface area contributed by atoms with Crippen LogP contribution in [0.25, 0.3) is 22.0 Å². The topological polar surface area (TPSA) is 55.1 Å². The molecule has 4 aromatic rings. The van der Waals surface area contributed by atoms with Crippen LogP contribution >= 0.6 is 23.2 Å². The van der Waals surface area contributed by atoms with Crippen LogP contribution in [0.15, 0.2) is 59.0 Å². The molecule has 0 spiro atoms. The molecule has 0 aliphatic heterocycles. The molecule has 0 fully saturated rings. The average Bonchev–Trinajstić information content (AvgIpc) is 3.04. The molecule has 1 amide bonds. The summed E-state index contributed by atoms with van der Waals surface area (Å²) in [5, 5.41) is 5.86. The molecule has 0 atom stereocenters. The Balaban J connectivity index is 1.51. The van der Waals surface area contributed by atoms with Crippen LogP contribution in [0.2, 0.25) is 10.0 Å². The van der Waals surface area contributed by atoms with Crippen molar-refractivity contribution in [2.45, 2.75) is 6.42 Å². The maximum Gasteiger partial charge on any atom is 0.287 e. The van der Waals surface area contributed by atoms with Gasteiger partial charge in [-0.1, -0.05) is 47.5 Å². The maximum absolute atomic E-state index is 12.4. The molecule has 2 aromatic heterocycles. The summed E-state index contributed by atoms with van der Waals surface area (Å²) in [6, 6.07) is 16.7. The highest BCUT2D eigenvalue weighted by Crippen LogP contribution is 2.25. The first-order valence-corrected chi connectivity index (χ1v) is 8.87. The van der Waals surface area contributed by atoms with Gasteiger partial charge in [-0.2, -0.15) is 0 Å². The number of pyridine rings is 1. The fraction of sp³-hybridized carbons (Fsp3) is 0.100. The molecular weight excluding hydrogens is 371 g/mol. The van der Waals surface area contributed by atoms with Crippen molar-refractivity contribution in [3.05, 3.63) is 76.0 Å². The van der Waals surface area contributed by atoms with Gasteiger partial charge in [-0.3, -0.25) is 4.79 Å². The fourth-order valence-corrected chi connectivity index (χ4v) is 3.21. The molecule has 1 N–H and O–H groups in total. The summed E-state index contributed by atoms with van der Waals surface area (Å²) >= 11 is 12.1. The first-order chi connectivity index (χ1) is 12.6. The third kappa shape index (κ3) is 3.39. The zero-order valence-electron chi connectivity index (χ0n) is 13.6. The van der Waals surface area contributed by atoms with E-state index >= 15 is 0 Å². The minimum atomic E-state index is -0.280. The van der Waals surface area contributed by atoms with Crippen molar-refractivity contribution in [3.63, 3.8) is 0 Å².